The highest BCUT2D eigenvalue weighted by atomic mass is 14.9. The van der Waals surface area contributed by atoms with Crippen molar-refractivity contribution in [1.82, 2.24) is 5.32 Å². The first kappa shape index (κ1) is 11.1. The largest absolute Gasteiger partial charge is 0.314 e. The minimum absolute atomic E-state index is 0.878. The summed E-state index contributed by atoms with van der Waals surface area (Å²) in [6.07, 6.45) is 12.1. The molecule has 1 nitrogen and oxygen atoms in total. The summed E-state index contributed by atoms with van der Waals surface area (Å²) in [6, 6.07) is 0.878. The van der Waals surface area contributed by atoms with E-state index in [2.05, 4.69) is 12.2 Å². The van der Waals surface area contributed by atoms with Crippen molar-refractivity contribution < 1.29 is 0 Å². The molecule has 3 fully saturated rings. The smallest absolute Gasteiger partial charge is 0.0103 e. The molecule has 0 heterocycles. The predicted molar refractivity (Wildman–Crippen MR) is 68.4 cm³/mol. The lowest BCUT2D eigenvalue weighted by atomic mass is 9.92. The van der Waals surface area contributed by atoms with Crippen molar-refractivity contribution in [2.24, 2.45) is 23.7 Å². The molecular formula is C15H27N. The first-order chi connectivity index (χ1) is 7.90. The van der Waals surface area contributed by atoms with Crippen molar-refractivity contribution in [2.75, 3.05) is 6.54 Å². The molecule has 3 rings (SSSR count). The number of hydrogen-bond acceptors (Lipinski definition) is 1. The van der Waals surface area contributed by atoms with Crippen LogP contribution in [0, 0.1) is 23.7 Å². The molecule has 0 spiro atoms. The van der Waals surface area contributed by atoms with E-state index in [0.29, 0.717) is 0 Å². The second-order valence-corrected chi connectivity index (χ2v) is 6.39. The summed E-state index contributed by atoms with van der Waals surface area (Å²) in [5.41, 5.74) is 0. The lowest BCUT2D eigenvalue weighted by Crippen LogP contribution is -2.34. The van der Waals surface area contributed by atoms with Gasteiger partial charge in [-0.2, -0.15) is 0 Å². The normalized spacial score (nSPS) is 39.9. The standard InChI is InChI=1S/C15H27N/c1-2-16-14(10-11-6-3-4-7-11)15-12-8-5-9-13(12)15/h11-16H,2-10H2,1H3. The Kier molecular flexibility index (Phi) is 3.24. The number of nitrogens with one attached hydrogen (secondary N) is 1. The molecule has 1 N–H and O–H groups in total. The maximum absolute atomic E-state index is 3.80. The van der Waals surface area contributed by atoms with Crippen molar-refractivity contribution >= 4 is 0 Å². The van der Waals surface area contributed by atoms with E-state index in [9.17, 15) is 0 Å². The van der Waals surface area contributed by atoms with Crippen LogP contribution in [-0.2, 0) is 0 Å². The van der Waals surface area contributed by atoms with Crippen molar-refractivity contribution in [3.63, 3.8) is 0 Å². The first-order valence-corrected chi connectivity index (χ1v) is 7.63. The number of rotatable bonds is 5. The zero-order valence-corrected chi connectivity index (χ0v) is 10.8. The Morgan fingerprint density at radius 1 is 1.00 bits per heavy atom. The van der Waals surface area contributed by atoms with Crippen LogP contribution in [0.25, 0.3) is 0 Å². The lowest BCUT2D eigenvalue weighted by molar-refractivity contribution is 0.333. The van der Waals surface area contributed by atoms with Gasteiger partial charge in [-0.3, -0.25) is 0 Å². The summed E-state index contributed by atoms with van der Waals surface area (Å²) in [5, 5.41) is 3.80. The SMILES string of the molecule is CCNC(CC1CCCC1)C1C2CCCC21. The first-order valence-electron chi connectivity index (χ1n) is 7.63. The molecule has 0 aromatic rings. The molecule has 3 atom stereocenters. The van der Waals surface area contributed by atoms with Crippen molar-refractivity contribution in [3.05, 3.63) is 0 Å². The van der Waals surface area contributed by atoms with Crippen LogP contribution >= 0.6 is 0 Å². The van der Waals surface area contributed by atoms with Gasteiger partial charge in [0, 0.05) is 6.04 Å². The summed E-state index contributed by atoms with van der Waals surface area (Å²) >= 11 is 0. The summed E-state index contributed by atoms with van der Waals surface area (Å²) in [5.74, 6) is 4.40. The minimum Gasteiger partial charge on any atom is -0.314 e. The van der Waals surface area contributed by atoms with E-state index in [1.165, 1.54) is 45.1 Å². The van der Waals surface area contributed by atoms with Crippen molar-refractivity contribution in [3.8, 4) is 0 Å². The monoisotopic (exact) mass is 221 g/mol. The molecule has 1 heteroatoms. The second-order valence-electron chi connectivity index (χ2n) is 6.39. The quantitative estimate of drug-likeness (QED) is 0.748. The molecule has 3 unspecified atom stereocenters. The van der Waals surface area contributed by atoms with Crippen molar-refractivity contribution in [2.45, 2.75) is 64.3 Å². The Hall–Kier alpha value is -0.0400. The van der Waals surface area contributed by atoms with Gasteiger partial charge in [-0.1, -0.05) is 39.0 Å². The fourth-order valence-electron chi connectivity index (χ4n) is 4.72. The van der Waals surface area contributed by atoms with Gasteiger partial charge in [0.1, 0.15) is 0 Å². The molecule has 16 heavy (non-hydrogen) atoms. The average molecular weight is 221 g/mol. The number of fused-ring (bicyclic) bond motifs is 1. The van der Waals surface area contributed by atoms with E-state index < -0.39 is 0 Å². The summed E-state index contributed by atoms with van der Waals surface area (Å²) in [7, 11) is 0. The molecule has 0 radical (unpaired) electrons. The van der Waals surface area contributed by atoms with Crippen LogP contribution in [0.1, 0.15) is 58.3 Å². The van der Waals surface area contributed by atoms with Gasteiger partial charge in [-0.25, -0.2) is 0 Å². The van der Waals surface area contributed by atoms with Crippen LogP contribution in [0.2, 0.25) is 0 Å². The lowest BCUT2D eigenvalue weighted by Gasteiger charge is -2.23. The minimum atomic E-state index is 0.878. The van der Waals surface area contributed by atoms with E-state index in [0.717, 1.165) is 29.7 Å². The van der Waals surface area contributed by atoms with Gasteiger partial charge in [-0.05, 0) is 49.5 Å². The summed E-state index contributed by atoms with van der Waals surface area (Å²) < 4.78 is 0. The highest BCUT2D eigenvalue weighted by Gasteiger charge is 2.55. The Bertz CT molecular complexity index is 222. The summed E-state index contributed by atoms with van der Waals surface area (Å²) in [6.45, 7) is 3.45. The molecule has 3 aliphatic rings. The molecule has 0 bridgehead atoms. The molecule has 0 aromatic carbocycles. The van der Waals surface area contributed by atoms with Gasteiger partial charge in [0.15, 0.2) is 0 Å². The van der Waals surface area contributed by atoms with E-state index in [1.54, 1.807) is 12.8 Å². The van der Waals surface area contributed by atoms with Gasteiger partial charge in [0.05, 0.1) is 0 Å². The molecule has 3 aliphatic carbocycles. The van der Waals surface area contributed by atoms with Gasteiger partial charge in [0.25, 0.3) is 0 Å². The molecule has 3 saturated carbocycles. The maximum Gasteiger partial charge on any atom is 0.0103 e. The average Bonchev–Trinajstić information content (AvgIpc) is 2.76. The van der Waals surface area contributed by atoms with Gasteiger partial charge in [0.2, 0.25) is 0 Å². The summed E-state index contributed by atoms with van der Waals surface area (Å²) in [4.78, 5) is 0. The van der Waals surface area contributed by atoms with E-state index in [-0.39, 0.29) is 0 Å². The Balaban J connectivity index is 1.54. The molecule has 92 valence electrons. The highest BCUT2D eigenvalue weighted by Crippen LogP contribution is 2.59. The van der Waals surface area contributed by atoms with E-state index in [1.807, 2.05) is 0 Å². The Morgan fingerprint density at radius 3 is 2.31 bits per heavy atom. The van der Waals surface area contributed by atoms with Crippen LogP contribution in [0.15, 0.2) is 0 Å². The third kappa shape index (κ3) is 2.03. The molecule has 0 aromatic heterocycles. The zero-order chi connectivity index (χ0) is 11.0. The third-order valence-electron chi connectivity index (χ3n) is 5.47. The molecule has 0 saturated heterocycles. The Labute approximate surface area is 100 Å². The topological polar surface area (TPSA) is 12.0 Å². The molecular weight excluding hydrogens is 194 g/mol. The maximum atomic E-state index is 3.80. The third-order valence-corrected chi connectivity index (χ3v) is 5.47. The van der Waals surface area contributed by atoms with E-state index >= 15 is 0 Å². The van der Waals surface area contributed by atoms with Crippen LogP contribution < -0.4 is 5.32 Å². The van der Waals surface area contributed by atoms with Crippen LogP contribution in [0.5, 0.6) is 0 Å². The molecule has 0 aliphatic heterocycles. The van der Waals surface area contributed by atoms with Crippen molar-refractivity contribution in [1.29, 1.82) is 0 Å². The van der Waals surface area contributed by atoms with E-state index in [4.69, 9.17) is 0 Å². The fourth-order valence-corrected chi connectivity index (χ4v) is 4.72. The molecule has 0 amide bonds. The van der Waals surface area contributed by atoms with Gasteiger partial charge >= 0.3 is 0 Å². The van der Waals surface area contributed by atoms with Crippen LogP contribution in [-0.4, -0.2) is 12.6 Å². The van der Waals surface area contributed by atoms with Gasteiger partial charge in [-0.15, -0.1) is 0 Å². The zero-order valence-electron chi connectivity index (χ0n) is 10.8. The van der Waals surface area contributed by atoms with Gasteiger partial charge < -0.3 is 5.32 Å². The highest BCUT2D eigenvalue weighted by molar-refractivity contribution is 5.06. The second kappa shape index (κ2) is 4.68. The fraction of sp³-hybridized carbons (Fsp3) is 1.00. The van der Waals surface area contributed by atoms with Crippen LogP contribution in [0.4, 0.5) is 0 Å². The van der Waals surface area contributed by atoms with Crippen LogP contribution in [0.3, 0.4) is 0 Å². The predicted octanol–water partition coefficient (Wildman–Crippen LogP) is 3.59. The Morgan fingerprint density at radius 2 is 1.69 bits per heavy atom. The number of hydrogen-bond donors (Lipinski definition) is 1.